The fourth-order valence-corrected chi connectivity index (χ4v) is 3.97. The largest absolute Gasteiger partial charge is 0.346 e. The number of sulfone groups is 1. The molecule has 8 nitrogen and oxygen atoms in total. The van der Waals surface area contributed by atoms with Gasteiger partial charge >= 0.3 is 0 Å². The van der Waals surface area contributed by atoms with E-state index in [0.29, 0.717) is 28.4 Å². The lowest BCUT2D eigenvalue weighted by Crippen LogP contribution is -2.23. The summed E-state index contributed by atoms with van der Waals surface area (Å²) in [6, 6.07) is 6.34. The van der Waals surface area contributed by atoms with Crippen molar-refractivity contribution in [1.29, 1.82) is 0 Å². The highest BCUT2D eigenvalue weighted by Gasteiger charge is 2.20. The number of nitrogens with one attached hydrogen (secondary N) is 2. The van der Waals surface area contributed by atoms with Gasteiger partial charge in [-0.05, 0) is 30.3 Å². The smallest absolute Gasteiger partial charge is 0.253 e. The predicted molar refractivity (Wildman–Crippen MR) is 101 cm³/mol. The van der Waals surface area contributed by atoms with Crippen LogP contribution in [0.1, 0.15) is 16.1 Å². The molecule has 0 saturated heterocycles. The van der Waals surface area contributed by atoms with Crippen LogP contribution in [0.25, 0.3) is 11.0 Å². The van der Waals surface area contributed by atoms with Gasteiger partial charge in [0.1, 0.15) is 11.6 Å². The zero-order valence-corrected chi connectivity index (χ0v) is 16.0. The lowest BCUT2D eigenvalue weighted by molar-refractivity contribution is 0.0950. The number of rotatable bonds is 5. The number of aromatic amines is 1. The third-order valence-electron chi connectivity index (χ3n) is 4.24. The van der Waals surface area contributed by atoms with Crippen LogP contribution in [0.4, 0.5) is 8.78 Å². The van der Waals surface area contributed by atoms with E-state index in [1.807, 2.05) is 0 Å². The molecule has 30 heavy (non-hydrogen) atoms. The molecule has 0 radical (unpaired) electrons. The fraction of sp³-hybridized carbons (Fsp3) is 0.0526. The monoisotopic (exact) mass is 429 g/mol. The van der Waals surface area contributed by atoms with Crippen LogP contribution < -0.4 is 5.32 Å². The third kappa shape index (κ3) is 3.87. The molecule has 0 fully saturated rings. The summed E-state index contributed by atoms with van der Waals surface area (Å²) in [6.07, 6.45) is 4.01. The lowest BCUT2D eigenvalue weighted by Gasteiger charge is -2.07. The summed E-state index contributed by atoms with van der Waals surface area (Å²) >= 11 is 0. The van der Waals surface area contributed by atoms with Crippen molar-refractivity contribution < 1.29 is 22.0 Å². The van der Waals surface area contributed by atoms with Gasteiger partial charge in [0.2, 0.25) is 9.84 Å². The van der Waals surface area contributed by atoms with E-state index in [4.69, 9.17) is 0 Å². The maximum atomic E-state index is 13.4. The number of carbonyl (C=O) groups is 1. The Hall–Kier alpha value is -3.73. The molecule has 4 aromatic rings. The van der Waals surface area contributed by atoms with E-state index in [1.165, 1.54) is 18.3 Å². The molecule has 2 N–H and O–H groups in total. The number of carbonyl (C=O) groups excluding carboxylic acids is 1. The summed E-state index contributed by atoms with van der Waals surface area (Å²) in [5, 5.41) is 9.86. The molecule has 0 aliphatic heterocycles. The number of pyridine rings is 2. The van der Waals surface area contributed by atoms with Gasteiger partial charge in [0.25, 0.3) is 5.91 Å². The minimum Gasteiger partial charge on any atom is -0.346 e. The SMILES string of the molecule is O=C(NCc1ccc(S(=O)(=O)c2cc(F)cc(F)c2)cn1)c1cnc2[nH]ncc2c1. The number of hydrogen-bond donors (Lipinski definition) is 2. The van der Waals surface area contributed by atoms with E-state index < -0.39 is 26.4 Å². The van der Waals surface area contributed by atoms with Gasteiger partial charge in [-0.15, -0.1) is 0 Å². The van der Waals surface area contributed by atoms with Gasteiger partial charge in [-0.2, -0.15) is 5.10 Å². The number of nitrogens with zero attached hydrogens (tertiary/aromatic N) is 3. The van der Waals surface area contributed by atoms with Crippen LogP contribution in [0, 0.1) is 11.6 Å². The molecule has 0 aliphatic carbocycles. The van der Waals surface area contributed by atoms with Gasteiger partial charge in [0.05, 0.1) is 33.8 Å². The highest BCUT2D eigenvalue weighted by Crippen LogP contribution is 2.22. The van der Waals surface area contributed by atoms with E-state index >= 15 is 0 Å². The Morgan fingerprint density at radius 3 is 2.43 bits per heavy atom. The second kappa shape index (κ2) is 7.59. The number of aromatic nitrogens is 4. The van der Waals surface area contributed by atoms with Crippen LogP contribution in [0.5, 0.6) is 0 Å². The minimum absolute atomic E-state index is 0.0389. The number of benzene rings is 1. The first-order valence-corrected chi connectivity index (χ1v) is 10.0. The quantitative estimate of drug-likeness (QED) is 0.503. The summed E-state index contributed by atoms with van der Waals surface area (Å²) < 4.78 is 51.8. The molecule has 3 heterocycles. The summed E-state index contributed by atoms with van der Waals surface area (Å²) in [5.74, 6) is -2.38. The van der Waals surface area contributed by atoms with Crippen molar-refractivity contribution in [3.8, 4) is 0 Å². The molecular formula is C19H13F2N5O3S. The van der Waals surface area contributed by atoms with Crippen molar-refractivity contribution >= 4 is 26.8 Å². The Kier molecular flexibility index (Phi) is 4.96. The van der Waals surface area contributed by atoms with E-state index in [-0.39, 0.29) is 17.3 Å². The second-order valence-electron chi connectivity index (χ2n) is 6.31. The Bertz CT molecular complexity index is 1330. The van der Waals surface area contributed by atoms with Crippen molar-refractivity contribution in [3.05, 3.63) is 77.9 Å². The number of H-pyrrole nitrogens is 1. The molecule has 0 unspecified atom stereocenters. The molecular weight excluding hydrogens is 416 g/mol. The summed E-state index contributed by atoms with van der Waals surface area (Å²) in [7, 11) is -4.14. The van der Waals surface area contributed by atoms with Crippen molar-refractivity contribution in [2.24, 2.45) is 0 Å². The van der Waals surface area contributed by atoms with Crippen LogP contribution in [0.2, 0.25) is 0 Å². The van der Waals surface area contributed by atoms with Gasteiger partial charge < -0.3 is 5.32 Å². The zero-order chi connectivity index (χ0) is 21.3. The summed E-state index contributed by atoms with van der Waals surface area (Å²) in [4.78, 5) is 19.6. The van der Waals surface area contributed by atoms with E-state index in [2.05, 4.69) is 25.5 Å². The molecule has 3 aromatic heterocycles. The molecule has 1 aromatic carbocycles. The van der Waals surface area contributed by atoms with Crippen LogP contribution in [-0.2, 0) is 16.4 Å². The summed E-state index contributed by atoms with van der Waals surface area (Å²) in [5.41, 5.74) is 1.28. The predicted octanol–water partition coefficient (Wildman–Crippen LogP) is 2.39. The fourth-order valence-electron chi connectivity index (χ4n) is 2.73. The molecule has 0 spiro atoms. The molecule has 0 atom stereocenters. The average Bonchev–Trinajstić information content (AvgIpc) is 3.19. The maximum absolute atomic E-state index is 13.4. The van der Waals surface area contributed by atoms with E-state index in [9.17, 15) is 22.0 Å². The second-order valence-corrected chi connectivity index (χ2v) is 8.26. The first kappa shape index (κ1) is 19.6. The topological polar surface area (TPSA) is 118 Å². The standard InChI is InChI=1S/C19H13F2N5O3S/c20-13-4-14(21)6-17(5-13)30(28,29)16-2-1-15(22-10-16)9-24-19(27)12-3-11-8-25-26-18(11)23-7-12/h1-8,10H,9H2,(H,24,27)(H,23,25,26). The average molecular weight is 429 g/mol. The van der Waals surface area contributed by atoms with Gasteiger partial charge in [-0.25, -0.2) is 22.2 Å². The van der Waals surface area contributed by atoms with Gasteiger partial charge in [0, 0.05) is 23.8 Å². The first-order chi connectivity index (χ1) is 14.3. The van der Waals surface area contributed by atoms with Crippen molar-refractivity contribution in [3.63, 3.8) is 0 Å². The third-order valence-corrected chi connectivity index (χ3v) is 5.96. The van der Waals surface area contributed by atoms with E-state index in [0.717, 1.165) is 18.3 Å². The molecule has 0 bridgehead atoms. The molecule has 11 heteroatoms. The number of hydrogen-bond acceptors (Lipinski definition) is 6. The first-order valence-electron chi connectivity index (χ1n) is 8.56. The van der Waals surface area contributed by atoms with Crippen LogP contribution in [0.15, 0.2) is 64.8 Å². The minimum atomic E-state index is -4.14. The zero-order valence-electron chi connectivity index (χ0n) is 15.1. The molecule has 152 valence electrons. The Morgan fingerprint density at radius 1 is 0.967 bits per heavy atom. The lowest BCUT2D eigenvalue weighted by atomic mass is 10.2. The van der Waals surface area contributed by atoms with Gasteiger partial charge in [-0.3, -0.25) is 14.9 Å². The van der Waals surface area contributed by atoms with E-state index in [1.54, 1.807) is 12.3 Å². The highest BCUT2D eigenvalue weighted by molar-refractivity contribution is 7.91. The van der Waals surface area contributed by atoms with Gasteiger partial charge in [0.15, 0.2) is 5.65 Å². The van der Waals surface area contributed by atoms with Crippen LogP contribution in [0.3, 0.4) is 0 Å². The summed E-state index contributed by atoms with van der Waals surface area (Å²) in [6.45, 7) is 0.0389. The van der Waals surface area contributed by atoms with Crippen molar-refractivity contribution in [2.45, 2.75) is 16.3 Å². The van der Waals surface area contributed by atoms with Crippen molar-refractivity contribution in [2.75, 3.05) is 0 Å². The normalized spacial score (nSPS) is 11.5. The Labute approximate surface area is 168 Å². The molecule has 0 aliphatic rings. The number of amides is 1. The highest BCUT2D eigenvalue weighted by atomic mass is 32.2. The molecule has 4 rings (SSSR count). The Balaban J connectivity index is 1.47. The van der Waals surface area contributed by atoms with Gasteiger partial charge in [-0.1, -0.05) is 0 Å². The van der Waals surface area contributed by atoms with Crippen LogP contribution in [-0.4, -0.2) is 34.5 Å². The number of halogens is 2. The number of fused-ring (bicyclic) bond motifs is 1. The maximum Gasteiger partial charge on any atom is 0.253 e. The Morgan fingerprint density at radius 2 is 1.73 bits per heavy atom. The molecule has 1 amide bonds. The molecule has 0 saturated carbocycles. The van der Waals surface area contributed by atoms with Crippen LogP contribution >= 0.6 is 0 Å². The van der Waals surface area contributed by atoms with Crippen molar-refractivity contribution in [1.82, 2.24) is 25.5 Å².